The highest BCUT2D eigenvalue weighted by Gasteiger charge is 2.16. The number of ether oxygens (including phenoxy) is 1. The molecule has 0 saturated heterocycles. The van der Waals surface area contributed by atoms with Crippen LogP contribution in [-0.2, 0) is 14.8 Å². The van der Waals surface area contributed by atoms with E-state index in [9.17, 15) is 17.6 Å². The van der Waals surface area contributed by atoms with Crippen molar-refractivity contribution in [3.63, 3.8) is 0 Å². The predicted octanol–water partition coefficient (Wildman–Crippen LogP) is 2.53. The lowest BCUT2D eigenvalue weighted by molar-refractivity contribution is -0.118. The second-order valence-corrected chi connectivity index (χ2v) is 6.86. The van der Waals surface area contributed by atoms with Crippen LogP contribution >= 0.6 is 11.6 Å². The molecule has 0 aromatic heterocycles. The number of carbonyl (C=O) groups is 1. The van der Waals surface area contributed by atoms with Gasteiger partial charge in [0.05, 0.1) is 28.6 Å². The first-order valence-electron chi connectivity index (χ1n) is 6.77. The number of carbonyl (C=O) groups excluding carboxylic acids is 1. The minimum Gasteiger partial charge on any atom is -0.493 e. The number of hydrogen-bond acceptors (Lipinski definition) is 4. The molecule has 0 atom stereocenters. The van der Waals surface area contributed by atoms with E-state index in [1.54, 1.807) is 12.1 Å². The Labute approximate surface area is 143 Å². The van der Waals surface area contributed by atoms with Crippen LogP contribution < -0.4 is 15.2 Å². The number of nitrogens with two attached hydrogens (primary N) is 1. The van der Waals surface area contributed by atoms with Gasteiger partial charge in [-0.3, -0.25) is 9.52 Å². The Kier molecular flexibility index (Phi) is 5.63. The SMILES string of the molecule is NC(=O)CCOc1cccc(NS(=O)(=O)c2ccc(F)c(Cl)c2)c1. The number of halogens is 2. The Hall–Kier alpha value is -2.32. The van der Waals surface area contributed by atoms with Crippen LogP contribution in [0, 0.1) is 5.82 Å². The standard InChI is InChI=1S/C15H14ClFN2O4S/c16-13-9-12(4-5-14(13)17)24(21,22)19-10-2-1-3-11(8-10)23-7-6-15(18)20/h1-5,8-9,19H,6-7H2,(H2,18,20). The first-order chi connectivity index (χ1) is 11.3. The van der Waals surface area contributed by atoms with Crippen LogP contribution in [0.25, 0.3) is 0 Å². The van der Waals surface area contributed by atoms with Crippen molar-refractivity contribution in [3.8, 4) is 5.75 Å². The molecular formula is C15H14ClFN2O4S. The molecular weight excluding hydrogens is 359 g/mol. The van der Waals surface area contributed by atoms with Gasteiger partial charge in [-0.05, 0) is 30.3 Å². The van der Waals surface area contributed by atoms with Gasteiger partial charge < -0.3 is 10.5 Å². The van der Waals surface area contributed by atoms with Crippen LogP contribution in [0.2, 0.25) is 5.02 Å². The first-order valence-corrected chi connectivity index (χ1v) is 8.63. The van der Waals surface area contributed by atoms with Crippen LogP contribution in [0.5, 0.6) is 5.75 Å². The molecule has 0 spiro atoms. The maximum absolute atomic E-state index is 13.1. The summed E-state index contributed by atoms with van der Waals surface area (Å²) < 4.78 is 45.4. The number of amides is 1. The lowest BCUT2D eigenvalue weighted by atomic mass is 10.3. The molecule has 6 nitrogen and oxygen atoms in total. The third-order valence-corrected chi connectivity index (χ3v) is 4.57. The Balaban J connectivity index is 2.14. The molecule has 0 unspecified atom stereocenters. The molecule has 2 aromatic rings. The quantitative estimate of drug-likeness (QED) is 0.780. The van der Waals surface area contributed by atoms with E-state index in [-0.39, 0.29) is 28.6 Å². The lowest BCUT2D eigenvalue weighted by Gasteiger charge is -2.10. The van der Waals surface area contributed by atoms with Gasteiger partial charge >= 0.3 is 0 Å². The van der Waals surface area contributed by atoms with Crippen LogP contribution in [0.4, 0.5) is 10.1 Å². The molecule has 0 saturated carbocycles. The molecule has 0 aliphatic heterocycles. The Bertz CT molecular complexity index is 858. The van der Waals surface area contributed by atoms with Crippen molar-refractivity contribution in [3.05, 3.63) is 53.3 Å². The van der Waals surface area contributed by atoms with Gasteiger partial charge in [-0.2, -0.15) is 0 Å². The number of rotatable bonds is 7. The van der Waals surface area contributed by atoms with Crippen molar-refractivity contribution in [2.24, 2.45) is 5.73 Å². The van der Waals surface area contributed by atoms with E-state index in [0.717, 1.165) is 18.2 Å². The Morgan fingerprint density at radius 3 is 2.67 bits per heavy atom. The van der Waals surface area contributed by atoms with Crippen LogP contribution in [0.1, 0.15) is 6.42 Å². The monoisotopic (exact) mass is 372 g/mol. The van der Waals surface area contributed by atoms with E-state index in [2.05, 4.69) is 4.72 Å². The molecule has 0 aliphatic carbocycles. The smallest absolute Gasteiger partial charge is 0.261 e. The van der Waals surface area contributed by atoms with Gasteiger partial charge in [0.15, 0.2) is 0 Å². The average molecular weight is 373 g/mol. The van der Waals surface area contributed by atoms with E-state index in [0.29, 0.717) is 5.75 Å². The largest absolute Gasteiger partial charge is 0.493 e. The molecule has 24 heavy (non-hydrogen) atoms. The third kappa shape index (κ3) is 4.84. The summed E-state index contributed by atoms with van der Waals surface area (Å²) in [7, 11) is -3.93. The predicted molar refractivity (Wildman–Crippen MR) is 88.0 cm³/mol. The summed E-state index contributed by atoms with van der Waals surface area (Å²) >= 11 is 5.61. The fraction of sp³-hybridized carbons (Fsp3) is 0.133. The van der Waals surface area contributed by atoms with E-state index in [1.165, 1.54) is 12.1 Å². The Morgan fingerprint density at radius 2 is 2.00 bits per heavy atom. The van der Waals surface area contributed by atoms with Gasteiger partial charge in [0, 0.05) is 6.07 Å². The molecule has 0 aliphatic rings. The maximum atomic E-state index is 13.1. The molecule has 0 heterocycles. The minimum absolute atomic E-state index is 0.0457. The van der Waals surface area contributed by atoms with Crippen molar-refractivity contribution in [2.75, 3.05) is 11.3 Å². The van der Waals surface area contributed by atoms with E-state index >= 15 is 0 Å². The average Bonchev–Trinajstić information content (AvgIpc) is 2.49. The zero-order valence-corrected chi connectivity index (χ0v) is 13.9. The highest BCUT2D eigenvalue weighted by Crippen LogP contribution is 2.23. The fourth-order valence-electron chi connectivity index (χ4n) is 1.78. The molecule has 0 radical (unpaired) electrons. The number of anilines is 1. The van der Waals surface area contributed by atoms with Crippen molar-refractivity contribution >= 4 is 33.2 Å². The molecule has 128 valence electrons. The summed E-state index contributed by atoms with van der Waals surface area (Å²) in [5.41, 5.74) is 5.25. The zero-order chi connectivity index (χ0) is 17.7. The van der Waals surface area contributed by atoms with E-state index in [1.807, 2.05) is 0 Å². The summed E-state index contributed by atoms with van der Waals surface area (Å²) in [4.78, 5) is 10.5. The number of nitrogens with one attached hydrogen (secondary N) is 1. The molecule has 1 amide bonds. The lowest BCUT2D eigenvalue weighted by Crippen LogP contribution is -2.15. The third-order valence-electron chi connectivity index (χ3n) is 2.90. The normalized spacial score (nSPS) is 11.1. The fourth-order valence-corrected chi connectivity index (χ4v) is 3.10. The maximum Gasteiger partial charge on any atom is 0.261 e. The molecule has 9 heteroatoms. The van der Waals surface area contributed by atoms with Gasteiger partial charge in [0.1, 0.15) is 11.6 Å². The van der Waals surface area contributed by atoms with E-state index in [4.69, 9.17) is 22.1 Å². The second kappa shape index (κ2) is 7.50. The molecule has 0 bridgehead atoms. The number of benzene rings is 2. The topological polar surface area (TPSA) is 98.5 Å². The Morgan fingerprint density at radius 1 is 1.25 bits per heavy atom. The highest BCUT2D eigenvalue weighted by atomic mass is 35.5. The molecule has 2 aromatic carbocycles. The van der Waals surface area contributed by atoms with Crippen LogP contribution in [0.15, 0.2) is 47.4 Å². The van der Waals surface area contributed by atoms with Gasteiger partial charge in [0.2, 0.25) is 5.91 Å². The number of primary amides is 1. The van der Waals surface area contributed by atoms with Crippen molar-refractivity contribution in [1.29, 1.82) is 0 Å². The van der Waals surface area contributed by atoms with Crippen molar-refractivity contribution < 1.29 is 22.3 Å². The van der Waals surface area contributed by atoms with Gasteiger partial charge in [0.25, 0.3) is 10.0 Å². The van der Waals surface area contributed by atoms with Crippen LogP contribution in [-0.4, -0.2) is 20.9 Å². The summed E-state index contributed by atoms with van der Waals surface area (Å²) in [6.45, 7) is 0.0824. The van der Waals surface area contributed by atoms with Gasteiger partial charge in [-0.15, -0.1) is 0 Å². The van der Waals surface area contributed by atoms with Crippen molar-refractivity contribution in [2.45, 2.75) is 11.3 Å². The van der Waals surface area contributed by atoms with Gasteiger partial charge in [-0.1, -0.05) is 17.7 Å². The highest BCUT2D eigenvalue weighted by molar-refractivity contribution is 7.92. The number of sulfonamides is 1. The van der Waals surface area contributed by atoms with Crippen molar-refractivity contribution in [1.82, 2.24) is 0 Å². The zero-order valence-electron chi connectivity index (χ0n) is 12.3. The van der Waals surface area contributed by atoms with Crippen LogP contribution in [0.3, 0.4) is 0 Å². The summed E-state index contributed by atoms with van der Waals surface area (Å²) in [5.74, 6) is -0.839. The van der Waals surface area contributed by atoms with E-state index < -0.39 is 21.7 Å². The minimum atomic E-state index is -3.93. The first kappa shape index (κ1) is 18.0. The molecule has 3 N–H and O–H groups in total. The number of hydrogen-bond donors (Lipinski definition) is 2. The summed E-state index contributed by atoms with van der Waals surface area (Å²) in [6.07, 6.45) is 0.0457. The summed E-state index contributed by atoms with van der Waals surface area (Å²) in [6, 6.07) is 9.25. The molecule has 2 rings (SSSR count). The van der Waals surface area contributed by atoms with Gasteiger partial charge in [-0.25, -0.2) is 12.8 Å². The molecule has 0 fully saturated rings. The second-order valence-electron chi connectivity index (χ2n) is 4.77. The summed E-state index contributed by atoms with van der Waals surface area (Å²) in [5, 5.41) is -0.290.